The fraction of sp³-hybridized carbons (Fsp3) is 0.167. The molecule has 4 nitrogen and oxygen atoms in total. The molecule has 4 rings (SSSR count). The predicted octanol–water partition coefficient (Wildman–Crippen LogP) is 4.39. The lowest BCUT2D eigenvalue weighted by Gasteiger charge is -2.17. The van der Waals surface area contributed by atoms with Gasteiger partial charge in [0, 0.05) is 16.0 Å². The van der Waals surface area contributed by atoms with Crippen LogP contribution in [0.3, 0.4) is 0 Å². The molecule has 120 valence electrons. The largest absolute Gasteiger partial charge is 0.341 e. The third-order valence-corrected chi connectivity index (χ3v) is 5.51. The standard InChI is InChI=1S/C18H14BrN3OS/c19-13-6-4-12(5-7-13)18(8-9-18)22-16(23)15-11-24-17(21-15)14-3-1-2-10-20-14/h1-7,10-11H,8-9H2,(H,22,23). The van der Waals surface area contributed by atoms with Gasteiger partial charge in [-0.25, -0.2) is 4.98 Å². The number of benzene rings is 1. The van der Waals surface area contributed by atoms with Gasteiger partial charge >= 0.3 is 0 Å². The Morgan fingerprint density at radius 3 is 2.62 bits per heavy atom. The number of rotatable bonds is 4. The SMILES string of the molecule is O=C(NC1(c2ccc(Br)cc2)CC1)c1csc(-c2ccccn2)n1. The zero-order chi connectivity index (χ0) is 16.6. The monoisotopic (exact) mass is 399 g/mol. The second-order valence-corrected chi connectivity index (χ2v) is 7.57. The Hall–Kier alpha value is -2.05. The minimum Gasteiger partial charge on any atom is -0.341 e. The smallest absolute Gasteiger partial charge is 0.271 e. The summed E-state index contributed by atoms with van der Waals surface area (Å²) in [6.07, 6.45) is 3.64. The fourth-order valence-corrected chi connectivity index (χ4v) is 3.69. The van der Waals surface area contributed by atoms with E-state index >= 15 is 0 Å². The highest BCUT2D eigenvalue weighted by molar-refractivity contribution is 9.10. The van der Waals surface area contributed by atoms with E-state index in [9.17, 15) is 4.79 Å². The molecule has 0 unspecified atom stereocenters. The molecular formula is C18H14BrN3OS. The van der Waals surface area contributed by atoms with E-state index in [-0.39, 0.29) is 11.4 Å². The Morgan fingerprint density at radius 2 is 1.96 bits per heavy atom. The molecule has 1 aliphatic rings. The van der Waals surface area contributed by atoms with Gasteiger partial charge in [0.05, 0.1) is 11.2 Å². The van der Waals surface area contributed by atoms with E-state index in [1.165, 1.54) is 11.3 Å². The van der Waals surface area contributed by atoms with Crippen LogP contribution in [-0.4, -0.2) is 15.9 Å². The summed E-state index contributed by atoms with van der Waals surface area (Å²) < 4.78 is 1.04. The molecule has 2 aromatic heterocycles. The Balaban J connectivity index is 1.53. The quantitative estimate of drug-likeness (QED) is 0.707. The molecule has 2 heterocycles. The van der Waals surface area contributed by atoms with E-state index in [0.717, 1.165) is 33.6 Å². The Labute approximate surface area is 152 Å². The van der Waals surface area contributed by atoms with E-state index in [4.69, 9.17) is 0 Å². The van der Waals surface area contributed by atoms with Crippen LogP contribution in [0, 0.1) is 0 Å². The van der Waals surface area contributed by atoms with Crippen LogP contribution >= 0.6 is 27.3 Å². The van der Waals surface area contributed by atoms with E-state index in [0.29, 0.717) is 5.69 Å². The van der Waals surface area contributed by atoms with Crippen LogP contribution < -0.4 is 5.32 Å². The van der Waals surface area contributed by atoms with E-state index in [1.54, 1.807) is 11.6 Å². The van der Waals surface area contributed by atoms with Crippen molar-refractivity contribution in [3.63, 3.8) is 0 Å². The maximum atomic E-state index is 12.6. The van der Waals surface area contributed by atoms with Crippen molar-refractivity contribution in [2.75, 3.05) is 0 Å². The number of pyridine rings is 1. The van der Waals surface area contributed by atoms with Crippen molar-refractivity contribution in [3.05, 3.63) is 69.8 Å². The van der Waals surface area contributed by atoms with Gasteiger partial charge in [-0.1, -0.05) is 34.1 Å². The number of aromatic nitrogens is 2. The van der Waals surface area contributed by atoms with Crippen LogP contribution in [0.2, 0.25) is 0 Å². The average molecular weight is 400 g/mol. The number of hydrogen-bond donors (Lipinski definition) is 1. The number of amides is 1. The summed E-state index contributed by atoms with van der Waals surface area (Å²) >= 11 is 4.88. The van der Waals surface area contributed by atoms with Crippen LogP contribution in [0.1, 0.15) is 28.9 Å². The van der Waals surface area contributed by atoms with Gasteiger partial charge in [0.25, 0.3) is 5.91 Å². The van der Waals surface area contributed by atoms with Gasteiger partial charge in [-0.05, 0) is 42.7 Å². The molecule has 6 heteroatoms. The highest BCUT2D eigenvalue weighted by atomic mass is 79.9. The number of halogens is 1. The summed E-state index contributed by atoms with van der Waals surface area (Å²) in [6.45, 7) is 0. The predicted molar refractivity (Wildman–Crippen MR) is 97.9 cm³/mol. The lowest BCUT2D eigenvalue weighted by molar-refractivity contribution is 0.0926. The normalized spacial score (nSPS) is 15.0. The van der Waals surface area contributed by atoms with Crippen molar-refractivity contribution in [3.8, 4) is 10.7 Å². The van der Waals surface area contributed by atoms with Crippen molar-refractivity contribution >= 4 is 33.2 Å². The third-order valence-electron chi connectivity index (χ3n) is 4.12. The van der Waals surface area contributed by atoms with Crippen LogP contribution in [0.15, 0.2) is 58.5 Å². The summed E-state index contributed by atoms with van der Waals surface area (Å²) in [5.41, 5.74) is 2.13. The molecule has 0 saturated heterocycles. The zero-order valence-corrected chi connectivity index (χ0v) is 15.1. The van der Waals surface area contributed by atoms with E-state index < -0.39 is 0 Å². The minimum atomic E-state index is -0.243. The Morgan fingerprint density at radius 1 is 1.17 bits per heavy atom. The van der Waals surface area contributed by atoms with Gasteiger partial charge < -0.3 is 5.32 Å². The molecule has 1 aliphatic carbocycles. The summed E-state index contributed by atoms with van der Waals surface area (Å²) in [4.78, 5) is 21.3. The van der Waals surface area contributed by atoms with Crippen molar-refractivity contribution < 1.29 is 4.79 Å². The molecule has 24 heavy (non-hydrogen) atoms. The molecule has 1 N–H and O–H groups in total. The summed E-state index contributed by atoms with van der Waals surface area (Å²) in [5.74, 6) is -0.131. The lowest BCUT2D eigenvalue weighted by Crippen LogP contribution is -2.35. The molecule has 3 aromatic rings. The maximum Gasteiger partial charge on any atom is 0.271 e. The zero-order valence-electron chi connectivity index (χ0n) is 12.7. The molecule has 1 aromatic carbocycles. The van der Waals surface area contributed by atoms with E-state index in [1.807, 2.05) is 30.3 Å². The topological polar surface area (TPSA) is 54.9 Å². The van der Waals surface area contributed by atoms with Crippen LogP contribution in [0.5, 0.6) is 0 Å². The fourth-order valence-electron chi connectivity index (χ4n) is 2.65. The maximum absolute atomic E-state index is 12.6. The number of nitrogens with zero attached hydrogens (tertiary/aromatic N) is 2. The molecule has 1 amide bonds. The Kier molecular flexibility index (Phi) is 3.94. The Bertz CT molecular complexity index is 873. The number of carbonyl (C=O) groups excluding carboxylic acids is 1. The molecule has 1 saturated carbocycles. The third kappa shape index (κ3) is 2.99. The van der Waals surface area contributed by atoms with Crippen molar-refractivity contribution in [1.82, 2.24) is 15.3 Å². The van der Waals surface area contributed by atoms with Gasteiger partial charge in [0.2, 0.25) is 0 Å². The van der Waals surface area contributed by atoms with Crippen molar-refractivity contribution in [2.45, 2.75) is 18.4 Å². The first-order chi connectivity index (χ1) is 11.7. The second kappa shape index (κ2) is 6.11. The molecular weight excluding hydrogens is 386 g/mol. The van der Waals surface area contributed by atoms with E-state index in [2.05, 4.69) is 43.3 Å². The number of thiazole rings is 1. The van der Waals surface area contributed by atoms with Crippen LogP contribution in [0.4, 0.5) is 0 Å². The molecule has 0 aliphatic heterocycles. The summed E-state index contributed by atoms with van der Waals surface area (Å²) in [5, 5.41) is 5.70. The van der Waals surface area contributed by atoms with Gasteiger partial charge in [-0.15, -0.1) is 11.3 Å². The van der Waals surface area contributed by atoms with Gasteiger partial charge in [-0.2, -0.15) is 0 Å². The minimum absolute atomic E-state index is 0.131. The first-order valence-corrected chi connectivity index (χ1v) is 9.29. The van der Waals surface area contributed by atoms with Gasteiger partial charge in [-0.3, -0.25) is 9.78 Å². The first kappa shape index (κ1) is 15.5. The van der Waals surface area contributed by atoms with Crippen LogP contribution in [-0.2, 0) is 5.54 Å². The van der Waals surface area contributed by atoms with Crippen LogP contribution in [0.25, 0.3) is 10.7 Å². The first-order valence-electron chi connectivity index (χ1n) is 7.62. The second-order valence-electron chi connectivity index (χ2n) is 5.80. The molecule has 1 fully saturated rings. The number of nitrogens with one attached hydrogen (secondary N) is 1. The summed E-state index contributed by atoms with van der Waals surface area (Å²) in [6, 6.07) is 13.8. The molecule has 0 radical (unpaired) electrons. The molecule has 0 bridgehead atoms. The lowest BCUT2D eigenvalue weighted by atomic mass is 10.1. The van der Waals surface area contributed by atoms with Gasteiger partial charge in [0.1, 0.15) is 10.7 Å². The average Bonchev–Trinajstić information content (AvgIpc) is 3.21. The van der Waals surface area contributed by atoms with Gasteiger partial charge in [0.15, 0.2) is 0 Å². The molecule has 0 atom stereocenters. The number of hydrogen-bond acceptors (Lipinski definition) is 4. The molecule has 0 spiro atoms. The highest BCUT2D eigenvalue weighted by Crippen LogP contribution is 2.45. The van der Waals surface area contributed by atoms with Crippen molar-refractivity contribution in [1.29, 1.82) is 0 Å². The highest BCUT2D eigenvalue weighted by Gasteiger charge is 2.45. The summed E-state index contributed by atoms with van der Waals surface area (Å²) in [7, 11) is 0. The number of carbonyl (C=O) groups is 1. The van der Waals surface area contributed by atoms with Crippen molar-refractivity contribution in [2.24, 2.45) is 0 Å².